The van der Waals surface area contributed by atoms with Crippen molar-refractivity contribution in [1.82, 2.24) is 4.90 Å². The van der Waals surface area contributed by atoms with Crippen molar-refractivity contribution in [2.45, 2.75) is 0 Å². The average Bonchev–Trinajstić information content (AvgIpc) is 2.37. The Hall–Kier alpha value is -1.42. The normalized spacial score (nSPS) is 13.3. The Morgan fingerprint density at radius 2 is 2.06 bits per heavy atom. The topological polar surface area (TPSA) is 38.8 Å². The molecule has 1 aromatic rings. The second-order valence-corrected chi connectivity index (χ2v) is 4.15. The van der Waals surface area contributed by atoms with Gasteiger partial charge in [-0.05, 0) is 18.2 Å². The molecule has 0 unspecified atom stereocenters. The molecule has 1 aromatic carbocycles. The van der Waals surface area contributed by atoms with Crippen LogP contribution in [0.5, 0.6) is 11.5 Å². The number of alkyl halides is 1. The minimum Gasteiger partial charge on any atom is -0.486 e. The molecule has 0 atom stereocenters. The summed E-state index contributed by atoms with van der Waals surface area (Å²) < 4.78 is 10.8. The van der Waals surface area contributed by atoms with E-state index in [4.69, 9.17) is 21.1 Å². The molecule has 0 fully saturated rings. The molecule has 0 aromatic heterocycles. The Morgan fingerprint density at radius 1 is 1.35 bits per heavy atom. The minimum atomic E-state index is -0.0670. The van der Waals surface area contributed by atoms with Crippen molar-refractivity contribution in [3.05, 3.63) is 23.8 Å². The van der Waals surface area contributed by atoms with Crippen LogP contribution in [0.25, 0.3) is 0 Å². The van der Waals surface area contributed by atoms with Crippen molar-refractivity contribution in [1.29, 1.82) is 0 Å². The number of amides is 1. The van der Waals surface area contributed by atoms with Crippen molar-refractivity contribution < 1.29 is 14.3 Å². The molecule has 5 heteroatoms. The zero-order chi connectivity index (χ0) is 12.3. The molecule has 0 bridgehead atoms. The first-order valence-corrected chi connectivity index (χ1v) is 5.97. The van der Waals surface area contributed by atoms with Crippen molar-refractivity contribution in [3.8, 4) is 11.5 Å². The molecule has 0 radical (unpaired) electrons. The molecule has 4 nitrogen and oxygen atoms in total. The molecular formula is C12H14ClNO3. The van der Waals surface area contributed by atoms with Crippen molar-refractivity contribution in [2.24, 2.45) is 0 Å². The van der Waals surface area contributed by atoms with Gasteiger partial charge < -0.3 is 14.4 Å². The number of ether oxygens (including phenoxy) is 2. The van der Waals surface area contributed by atoms with Crippen molar-refractivity contribution in [2.75, 3.05) is 32.7 Å². The number of nitrogens with zero attached hydrogens (tertiary/aromatic N) is 1. The Kier molecular flexibility index (Phi) is 3.74. The van der Waals surface area contributed by atoms with Crippen molar-refractivity contribution in [3.63, 3.8) is 0 Å². The van der Waals surface area contributed by atoms with Crippen LogP contribution in [0.15, 0.2) is 18.2 Å². The Morgan fingerprint density at radius 3 is 2.76 bits per heavy atom. The minimum absolute atomic E-state index is 0.0670. The molecule has 92 valence electrons. The smallest absolute Gasteiger partial charge is 0.253 e. The van der Waals surface area contributed by atoms with E-state index < -0.39 is 0 Å². The third-order valence-corrected chi connectivity index (χ3v) is 2.72. The predicted octanol–water partition coefficient (Wildman–Crippen LogP) is 1.77. The molecule has 0 aliphatic carbocycles. The van der Waals surface area contributed by atoms with Gasteiger partial charge in [-0.1, -0.05) is 0 Å². The molecule has 17 heavy (non-hydrogen) atoms. The van der Waals surface area contributed by atoms with Gasteiger partial charge in [0, 0.05) is 25.0 Å². The molecule has 0 saturated heterocycles. The standard InChI is InChI=1S/C12H14ClNO3/c1-14(5-4-13)12(15)9-2-3-10-11(8-9)17-7-6-16-10/h2-3,8H,4-7H2,1H3. The summed E-state index contributed by atoms with van der Waals surface area (Å²) in [5.41, 5.74) is 0.585. The van der Waals surface area contributed by atoms with Gasteiger partial charge in [-0.2, -0.15) is 0 Å². The summed E-state index contributed by atoms with van der Waals surface area (Å²) in [5, 5.41) is 0. The van der Waals surface area contributed by atoms with E-state index in [0.717, 1.165) is 0 Å². The lowest BCUT2D eigenvalue weighted by Gasteiger charge is -2.20. The van der Waals surface area contributed by atoms with E-state index in [2.05, 4.69) is 0 Å². The van der Waals surface area contributed by atoms with Gasteiger partial charge in [-0.15, -0.1) is 11.6 Å². The third-order valence-electron chi connectivity index (χ3n) is 2.56. The molecule has 0 N–H and O–H groups in total. The van der Waals surface area contributed by atoms with Gasteiger partial charge in [-0.25, -0.2) is 0 Å². The second kappa shape index (κ2) is 5.27. The first-order valence-electron chi connectivity index (χ1n) is 5.43. The maximum absolute atomic E-state index is 12.0. The summed E-state index contributed by atoms with van der Waals surface area (Å²) >= 11 is 5.60. The predicted molar refractivity (Wildman–Crippen MR) is 65.1 cm³/mol. The van der Waals surface area contributed by atoms with Gasteiger partial charge in [0.15, 0.2) is 11.5 Å². The summed E-state index contributed by atoms with van der Waals surface area (Å²) in [6.45, 7) is 1.59. The number of fused-ring (bicyclic) bond motifs is 1. The Balaban J connectivity index is 2.19. The fraction of sp³-hybridized carbons (Fsp3) is 0.417. The van der Waals surface area contributed by atoms with E-state index in [1.165, 1.54) is 0 Å². The van der Waals surface area contributed by atoms with Crippen LogP contribution in [-0.2, 0) is 0 Å². The maximum atomic E-state index is 12.0. The van der Waals surface area contributed by atoms with E-state index in [0.29, 0.717) is 42.7 Å². The number of carbonyl (C=O) groups excluding carboxylic acids is 1. The van der Waals surface area contributed by atoms with E-state index in [-0.39, 0.29) is 5.91 Å². The molecule has 0 spiro atoms. The lowest BCUT2D eigenvalue weighted by Crippen LogP contribution is -2.28. The van der Waals surface area contributed by atoms with E-state index in [1.54, 1.807) is 30.1 Å². The molecule has 1 aliphatic heterocycles. The van der Waals surface area contributed by atoms with Crippen LogP contribution in [0.1, 0.15) is 10.4 Å². The summed E-state index contributed by atoms with van der Waals surface area (Å²) in [7, 11) is 1.72. The highest BCUT2D eigenvalue weighted by atomic mass is 35.5. The third kappa shape index (κ3) is 2.64. The molecular weight excluding hydrogens is 242 g/mol. The van der Waals surface area contributed by atoms with Crippen LogP contribution in [0.3, 0.4) is 0 Å². The first kappa shape index (κ1) is 12.0. The van der Waals surface area contributed by atoms with E-state index in [1.807, 2.05) is 0 Å². The fourth-order valence-electron chi connectivity index (χ4n) is 1.63. The number of hydrogen-bond acceptors (Lipinski definition) is 3. The molecule has 0 saturated carbocycles. The largest absolute Gasteiger partial charge is 0.486 e. The van der Waals surface area contributed by atoms with Crippen LogP contribution >= 0.6 is 11.6 Å². The van der Waals surface area contributed by atoms with Crippen LogP contribution in [0.4, 0.5) is 0 Å². The average molecular weight is 256 g/mol. The van der Waals surface area contributed by atoms with Gasteiger partial charge in [0.05, 0.1) is 0 Å². The van der Waals surface area contributed by atoms with E-state index >= 15 is 0 Å². The molecule has 2 rings (SSSR count). The van der Waals surface area contributed by atoms with Gasteiger partial charge in [0.1, 0.15) is 13.2 Å². The van der Waals surface area contributed by atoms with Crippen molar-refractivity contribution >= 4 is 17.5 Å². The summed E-state index contributed by atoms with van der Waals surface area (Å²) in [6.07, 6.45) is 0. The highest BCUT2D eigenvalue weighted by Gasteiger charge is 2.16. The number of rotatable bonds is 3. The van der Waals surface area contributed by atoms with Gasteiger partial charge in [-0.3, -0.25) is 4.79 Å². The summed E-state index contributed by atoms with van der Waals surface area (Å²) in [4.78, 5) is 13.6. The molecule has 1 aliphatic rings. The zero-order valence-electron chi connectivity index (χ0n) is 9.61. The van der Waals surface area contributed by atoms with Gasteiger partial charge in [0.25, 0.3) is 5.91 Å². The molecule has 1 heterocycles. The number of carbonyl (C=O) groups is 1. The lowest BCUT2D eigenvalue weighted by molar-refractivity contribution is 0.0802. The quantitative estimate of drug-likeness (QED) is 0.773. The first-order chi connectivity index (χ1) is 8.22. The number of benzene rings is 1. The van der Waals surface area contributed by atoms with E-state index in [9.17, 15) is 4.79 Å². The number of hydrogen-bond donors (Lipinski definition) is 0. The second-order valence-electron chi connectivity index (χ2n) is 3.77. The number of halogens is 1. The monoisotopic (exact) mass is 255 g/mol. The zero-order valence-corrected chi connectivity index (χ0v) is 10.4. The highest BCUT2D eigenvalue weighted by Crippen LogP contribution is 2.30. The summed E-state index contributed by atoms with van der Waals surface area (Å²) in [5.74, 6) is 1.67. The van der Waals surface area contributed by atoms with Gasteiger partial charge in [0.2, 0.25) is 0 Å². The Bertz CT molecular complexity index is 422. The Labute approximate surface area is 105 Å². The summed E-state index contributed by atoms with van der Waals surface area (Å²) in [6, 6.07) is 5.21. The van der Waals surface area contributed by atoms with Gasteiger partial charge >= 0.3 is 0 Å². The lowest BCUT2D eigenvalue weighted by atomic mass is 10.1. The van der Waals surface area contributed by atoms with Crippen LogP contribution in [0, 0.1) is 0 Å². The van der Waals surface area contributed by atoms with Crippen LogP contribution < -0.4 is 9.47 Å². The van der Waals surface area contributed by atoms with Crippen LogP contribution in [0.2, 0.25) is 0 Å². The highest BCUT2D eigenvalue weighted by molar-refractivity contribution is 6.18. The fourth-order valence-corrected chi connectivity index (χ4v) is 1.88. The SMILES string of the molecule is CN(CCCl)C(=O)c1ccc2c(c1)OCCO2. The van der Waals surface area contributed by atoms with Crippen LogP contribution in [-0.4, -0.2) is 43.5 Å². The maximum Gasteiger partial charge on any atom is 0.253 e. The molecule has 1 amide bonds.